The predicted molar refractivity (Wildman–Crippen MR) is 120 cm³/mol. The Morgan fingerprint density at radius 1 is 1.11 bits per heavy atom. The maximum atomic E-state index is 13.4. The molecule has 0 radical (unpaired) electrons. The number of benzene rings is 2. The summed E-state index contributed by atoms with van der Waals surface area (Å²) in [6.07, 6.45) is -4.98. The number of nitrogens with one attached hydrogen (secondary N) is 1. The van der Waals surface area contributed by atoms with E-state index < -0.39 is 85.7 Å². The number of aromatic nitrogens is 2. The van der Waals surface area contributed by atoms with Crippen molar-refractivity contribution in [1.29, 1.82) is 5.26 Å². The molecule has 1 heterocycles. The summed E-state index contributed by atoms with van der Waals surface area (Å²) < 4.78 is 120. The Balaban J connectivity index is 2.40. The van der Waals surface area contributed by atoms with Gasteiger partial charge in [-0.05, 0) is 18.2 Å². The number of sulfonamides is 1. The van der Waals surface area contributed by atoms with E-state index in [4.69, 9.17) is 23.2 Å². The molecule has 20 heteroatoms. The van der Waals surface area contributed by atoms with Crippen LogP contribution in [0, 0.1) is 21.4 Å². The van der Waals surface area contributed by atoms with Gasteiger partial charge in [-0.1, -0.05) is 35.3 Å². The van der Waals surface area contributed by atoms with Crippen molar-refractivity contribution >= 4 is 55.5 Å². The first-order valence-corrected chi connectivity index (χ1v) is 12.6. The van der Waals surface area contributed by atoms with Crippen molar-refractivity contribution in [3.8, 4) is 11.8 Å². The van der Waals surface area contributed by atoms with Crippen LogP contribution < -0.4 is 4.72 Å². The number of rotatable bonds is 6. The molecular formula is C18H7Cl2F6N5O5S2. The van der Waals surface area contributed by atoms with Gasteiger partial charge in [-0.25, -0.2) is 17.3 Å². The minimum atomic E-state index is -5.59. The lowest BCUT2D eigenvalue weighted by Crippen LogP contribution is -2.22. The Kier molecular flexibility index (Phi) is 7.71. The summed E-state index contributed by atoms with van der Waals surface area (Å²) in [6, 6.07) is 5.34. The van der Waals surface area contributed by atoms with Gasteiger partial charge in [0.1, 0.15) is 16.7 Å². The highest BCUT2D eigenvalue weighted by Crippen LogP contribution is 2.42. The standard InChI is InChI=1S/C18H7Cl2F6N5O5S2/c19-9-5-8(17(21,22)23)6-10(20)14(9)30-16(15(11(7-27)28-30)37(34)18(24,25)26)29-38(35,36)13-4-2-1-3-12(13)31(32)33/h1-6,29H. The normalized spacial score (nSPS) is 13.1. The predicted octanol–water partition coefficient (Wildman–Crippen LogP) is 5.41. The molecular weight excluding hydrogens is 615 g/mol. The van der Waals surface area contributed by atoms with Crippen LogP contribution in [0.25, 0.3) is 5.69 Å². The molecule has 10 nitrogen and oxygen atoms in total. The summed E-state index contributed by atoms with van der Waals surface area (Å²) >= 11 is 11.8. The molecule has 0 amide bonds. The van der Waals surface area contributed by atoms with Gasteiger partial charge in [0.2, 0.25) is 0 Å². The van der Waals surface area contributed by atoms with E-state index in [1.54, 1.807) is 4.72 Å². The summed E-state index contributed by atoms with van der Waals surface area (Å²) in [4.78, 5) is 7.55. The highest BCUT2D eigenvalue weighted by molar-refractivity contribution is 7.93. The molecule has 2 aromatic carbocycles. The van der Waals surface area contributed by atoms with E-state index in [0.717, 1.165) is 18.2 Å². The Hall–Kier alpha value is -3.40. The van der Waals surface area contributed by atoms with Crippen LogP contribution in [0.2, 0.25) is 10.0 Å². The second kappa shape index (κ2) is 10.1. The van der Waals surface area contributed by atoms with Gasteiger partial charge >= 0.3 is 11.7 Å². The third kappa shape index (κ3) is 5.55. The fourth-order valence-corrected chi connectivity index (χ4v) is 5.72. The molecule has 3 aromatic rings. The van der Waals surface area contributed by atoms with Crippen molar-refractivity contribution in [2.24, 2.45) is 0 Å². The summed E-state index contributed by atoms with van der Waals surface area (Å²) in [6.45, 7) is 0. The molecule has 38 heavy (non-hydrogen) atoms. The monoisotopic (exact) mass is 621 g/mol. The maximum Gasteiger partial charge on any atom is 0.476 e. The number of para-hydroxylation sites is 1. The van der Waals surface area contributed by atoms with E-state index in [1.165, 1.54) is 6.07 Å². The smallest absolute Gasteiger partial charge is 0.262 e. The van der Waals surface area contributed by atoms with E-state index in [2.05, 4.69) is 5.10 Å². The van der Waals surface area contributed by atoms with Crippen molar-refractivity contribution in [2.45, 2.75) is 21.5 Å². The van der Waals surface area contributed by atoms with E-state index in [9.17, 15) is 54.3 Å². The molecule has 0 aliphatic rings. The van der Waals surface area contributed by atoms with E-state index in [0.29, 0.717) is 6.07 Å². The number of nitro benzene ring substituents is 1. The van der Waals surface area contributed by atoms with E-state index >= 15 is 0 Å². The number of anilines is 1. The van der Waals surface area contributed by atoms with Gasteiger partial charge in [0, 0.05) is 6.07 Å². The highest BCUT2D eigenvalue weighted by Gasteiger charge is 2.44. The molecule has 3 rings (SSSR count). The molecule has 0 aliphatic heterocycles. The van der Waals surface area contributed by atoms with Crippen molar-refractivity contribution in [1.82, 2.24) is 9.78 Å². The summed E-state index contributed by atoms with van der Waals surface area (Å²) in [5.74, 6) is -1.38. The van der Waals surface area contributed by atoms with Gasteiger partial charge in [0.25, 0.3) is 15.7 Å². The van der Waals surface area contributed by atoms with Crippen molar-refractivity contribution in [3.05, 3.63) is 67.8 Å². The van der Waals surface area contributed by atoms with Crippen LogP contribution in [0.3, 0.4) is 0 Å². The second-order valence-electron chi connectivity index (χ2n) is 6.88. The van der Waals surface area contributed by atoms with Crippen molar-refractivity contribution in [3.63, 3.8) is 0 Å². The molecule has 0 saturated heterocycles. The zero-order valence-electron chi connectivity index (χ0n) is 17.6. The SMILES string of the molecule is N#Cc1nn(-c2c(Cl)cc(C(F)(F)F)cc2Cl)c(NS(=O)(=O)c2ccccc2[N+](=O)[O-])c1S(=O)C(F)(F)F. The van der Waals surface area contributed by atoms with Crippen LogP contribution in [0.5, 0.6) is 0 Å². The molecule has 202 valence electrons. The summed E-state index contributed by atoms with van der Waals surface area (Å²) in [5.41, 5.74) is -10.1. The van der Waals surface area contributed by atoms with E-state index in [1.807, 2.05) is 0 Å². The van der Waals surface area contributed by atoms with Gasteiger partial charge in [0.05, 0.1) is 20.5 Å². The quantitative estimate of drug-likeness (QED) is 0.220. The Morgan fingerprint density at radius 3 is 2.13 bits per heavy atom. The van der Waals surface area contributed by atoms with Crippen LogP contribution in [-0.2, 0) is 27.0 Å². The number of hydrogen-bond acceptors (Lipinski definition) is 7. The Labute approximate surface area is 220 Å². The fourth-order valence-electron chi connectivity index (χ4n) is 2.97. The zero-order chi connectivity index (χ0) is 28.8. The molecule has 1 N–H and O–H groups in total. The number of alkyl halides is 6. The molecule has 0 spiro atoms. The number of nitriles is 1. The number of hydrogen-bond donors (Lipinski definition) is 1. The zero-order valence-corrected chi connectivity index (χ0v) is 20.8. The van der Waals surface area contributed by atoms with Gasteiger partial charge in [-0.15, -0.1) is 0 Å². The summed E-state index contributed by atoms with van der Waals surface area (Å²) in [5, 5.41) is 22.2. The first-order chi connectivity index (χ1) is 17.4. The topological polar surface area (TPSA) is 148 Å². The number of halogens is 8. The third-order valence-electron chi connectivity index (χ3n) is 4.48. The second-order valence-corrected chi connectivity index (χ2v) is 10.8. The van der Waals surface area contributed by atoms with Gasteiger partial charge < -0.3 is 0 Å². The van der Waals surface area contributed by atoms with Crippen LogP contribution in [-0.4, -0.2) is 32.8 Å². The van der Waals surface area contributed by atoms with Crippen LogP contribution >= 0.6 is 23.2 Å². The van der Waals surface area contributed by atoms with Gasteiger partial charge in [-0.3, -0.25) is 14.8 Å². The average molecular weight is 622 g/mol. The lowest BCUT2D eigenvalue weighted by molar-refractivity contribution is -0.387. The fraction of sp³-hybridized carbons (Fsp3) is 0.111. The third-order valence-corrected chi connectivity index (χ3v) is 7.62. The molecule has 0 fully saturated rings. The van der Waals surface area contributed by atoms with Gasteiger partial charge in [0.15, 0.2) is 27.2 Å². The number of nitro groups is 1. The Bertz CT molecular complexity index is 1610. The minimum absolute atomic E-state index is 0.134. The molecule has 1 aromatic heterocycles. The summed E-state index contributed by atoms with van der Waals surface area (Å²) in [7, 11) is -9.35. The molecule has 1 unspecified atom stereocenters. The average Bonchev–Trinajstić information content (AvgIpc) is 3.13. The van der Waals surface area contributed by atoms with Crippen LogP contribution in [0.4, 0.5) is 37.8 Å². The molecule has 0 aliphatic carbocycles. The lowest BCUT2D eigenvalue weighted by Gasteiger charge is -2.16. The van der Waals surface area contributed by atoms with E-state index in [-0.39, 0.29) is 16.8 Å². The van der Waals surface area contributed by atoms with Crippen molar-refractivity contribution in [2.75, 3.05) is 4.72 Å². The first-order valence-electron chi connectivity index (χ1n) is 9.24. The largest absolute Gasteiger partial charge is 0.476 e. The molecule has 0 saturated carbocycles. The highest BCUT2D eigenvalue weighted by atomic mass is 35.5. The van der Waals surface area contributed by atoms with Crippen LogP contribution in [0.1, 0.15) is 11.3 Å². The van der Waals surface area contributed by atoms with Crippen molar-refractivity contribution < 1.29 is 43.9 Å². The lowest BCUT2D eigenvalue weighted by atomic mass is 10.2. The maximum absolute atomic E-state index is 13.4. The molecule has 0 bridgehead atoms. The van der Waals surface area contributed by atoms with Crippen LogP contribution in [0.15, 0.2) is 46.2 Å². The minimum Gasteiger partial charge on any atom is -0.262 e. The number of nitrogens with zero attached hydrogens (tertiary/aromatic N) is 4. The van der Waals surface area contributed by atoms with Gasteiger partial charge in [-0.2, -0.15) is 36.7 Å². The molecule has 1 atom stereocenters. The first kappa shape index (κ1) is 29.2. The Morgan fingerprint density at radius 2 is 1.66 bits per heavy atom.